The minimum Gasteiger partial charge on any atom is -0.298 e. The number of likely N-dealkylation sites (tertiary alicyclic amines) is 1. The highest BCUT2D eigenvalue weighted by Crippen LogP contribution is 2.26. The van der Waals surface area contributed by atoms with E-state index >= 15 is 0 Å². The summed E-state index contributed by atoms with van der Waals surface area (Å²) in [4.78, 5) is 2.68. The Labute approximate surface area is 125 Å². The van der Waals surface area contributed by atoms with Gasteiger partial charge in [0, 0.05) is 18.1 Å². The second kappa shape index (κ2) is 8.00. The van der Waals surface area contributed by atoms with Crippen molar-refractivity contribution < 1.29 is 0 Å². The number of hydrogen-bond donors (Lipinski definition) is 1. The van der Waals surface area contributed by atoms with Gasteiger partial charge in [-0.2, -0.15) is 5.26 Å². The van der Waals surface area contributed by atoms with E-state index in [-0.39, 0.29) is 5.54 Å². The van der Waals surface area contributed by atoms with E-state index in [1.807, 2.05) is 6.92 Å². The van der Waals surface area contributed by atoms with Crippen LogP contribution in [0.4, 0.5) is 0 Å². The van der Waals surface area contributed by atoms with Crippen molar-refractivity contribution in [3.8, 4) is 6.07 Å². The highest BCUT2D eigenvalue weighted by Gasteiger charge is 2.29. The lowest BCUT2D eigenvalue weighted by atomic mass is 9.95. The summed E-state index contributed by atoms with van der Waals surface area (Å²) in [7, 11) is 0. The van der Waals surface area contributed by atoms with Gasteiger partial charge in [-0.05, 0) is 72.8 Å². The Hall–Kier alpha value is -0.590. The molecule has 1 aliphatic rings. The summed E-state index contributed by atoms with van der Waals surface area (Å²) in [6, 6.07) is 4.34. The molecule has 0 aromatic rings. The number of nitrogens with zero attached hydrogens (tertiary/aromatic N) is 2. The minimum atomic E-state index is -0.366. The maximum Gasteiger partial charge on any atom is 0.104 e. The smallest absolute Gasteiger partial charge is 0.104 e. The summed E-state index contributed by atoms with van der Waals surface area (Å²) < 4.78 is 0. The number of nitrogens with one attached hydrogen (secondary N) is 1. The zero-order chi connectivity index (χ0) is 15.2. The first-order valence-corrected chi connectivity index (χ1v) is 8.36. The SMILES string of the molecule is CCC1CCC(C)N1CCCCC(C)(C#N)NC(C)C. The molecule has 3 atom stereocenters. The van der Waals surface area contributed by atoms with Crippen molar-refractivity contribution in [3.05, 3.63) is 0 Å². The van der Waals surface area contributed by atoms with E-state index in [0.29, 0.717) is 6.04 Å². The maximum absolute atomic E-state index is 9.34. The van der Waals surface area contributed by atoms with Crippen molar-refractivity contribution in [1.29, 1.82) is 5.26 Å². The fourth-order valence-electron chi connectivity index (χ4n) is 3.54. The van der Waals surface area contributed by atoms with E-state index in [2.05, 4.69) is 44.0 Å². The zero-order valence-corrected chi connectivity index (χ0v) is 14.1. The first-order chi connectivity index (χ1) is 9.41. The van der Waals surface area contributed by atoms with Crippen LogP contribution in [0.1, 0.15) is 73.1 Å². The van der Waals surface area contributed by atoms with Crippen LogP contribution in [0.3, 0.4) is 0 Å². The summed E-state index contributed by atoms with van der Waals surface area (Å²) in [6.07, 6.45) is 7.27. The molecule has 116 valence electrons. The molecular weight excluding hydrogens is 246 g/mol. The molecule has 1 aliphatic heterocycles. The van der Waals surface area contributed by atoms with Crippen LogP contribution in [0.5, 0.6) is 0 Å². The summed E-state index contributed by atoms with van der Waals surface area (Å²) >= 11 is 0. The minimum absolute atomic E-state index is 0.364. The van der Waals surface area contributed by atoms with Gasteiger partial charge in [-0.3, -0.25) is 10.2 Å². The Kier molecular flexibility index (Phi) is 6.99. The molecule has 0 aromatic carbocycles. The van der Waals surface area contributed by atoms with Gasteiger partial charge in [-0.1, -0.05) is 6.92 Å². The van der Waals surface area contributed by atoms with Gasteiger partial charge in [0.15, 0.2) is 0 Å². The second-order valence-electron chi connectivity index (χ2n) is 6.93. The van der Waals surface area contributed by atoms with Crippen LogP contribution in [-0.2, 0) is 0 Å². The second-order valence-corrected chi connectivity index (χ2v) is 6.93. The van der Waals surface area contributed by atoms with Gasteiger partial charge in [0.25, 0.3) is 0 Å². The summed E-state index contributed by atoms with van der Waals surface area (Å²) in [5.74, 6) is 0. The van der Waals surface area contributed by atoms with E-state index < -0.39 is 0 Å². The predicted molar refractivity (Wildman–Crippen MR) is 85.6 cm³/mol. The number of nitriles is 1. The van der Waals surface area contributed by atoms with Gasteiger partial charge < -0.3 is 0 Å². The predicted octanol–water partition coefficient (Wildman–Crippen LogP) is 3.70. The van der Waals surface area contributed by atoms with Crippen molar-refractivity contribution >= 4 is 0 Å². The number of unbranched alkanes of at least 4 members (excludes halogenated alkanes) is 1. The van der Waals surface area contributed by atoms with E-state index in [0.717, 1.165) is 24.9 Å². The Morgan fingerprint density at radius 1 is 1.35 bits per heavy atom. The Bertz CT molecular complexity index is 321. The molecule has 1 saturated heterocycles. The van der Waals surface area contributed by atoms with E-state index in [4.69, 9.17) is 0 Å². The van der Waals surface area contributed by atoms with Crippen molar-refractivity contribution in [2.45, 2.75) is 96.8 Å². The third-order valence-electron chi connectivity index (χ3n) is 4.62. The molecule has 3 nitrogen and oxygen atoms in total. The van der Waals surface area contributed by atoms with Gasteiger partial charge in [-0.25, -0.2) is 0 Å². The molecule has 0 bridgehead atoms. The van der Waals surface area contributed by atoms with E-state index in [1.54, 1.807) is 0 Å². The average molecular weight is 279 g/mol. The molecule has 0 saturated carbocycles. The summed E-state index contributed by atoms with van der Waals surface area (Å²) in [5, 5.41) is 12.7. The first-order valence-electron chi connectivity index (χ1n) is 8.36. The molecule has 3 heteroatoms. The molecule has 0 radical (unpaired) electrons. The van der Waals surface area contributed by atoms with Gasteiger partial charge in [0.05, 0.1) is 6.07 Å². The quantitative estimate of drug-likeness (QED) is 0.689. The van der Waals surface area contributed by atoms with E-state index in [9.17, 15) is 5.26 Å². The number of hydrogen-bond acceptors (Lipinski definition) is 3. The topological polar surface area (TPSA) is 39.1 Å². The van der Waals surface area contributed by atoms with Gasteiger partial charge in [-0.15, -0.1) is 0 Å². The fraction of sp³-hybridized carbons (Fsp3) is 0.941. The molecule has 1 rings (SSSR count). The molecular formula is C17H33N3. The lowest BCUT2D eigenvalue weighted by Gasteiger charge is -2.29. The van der Waals surface area contributed by atoms with Crippen LogP contribution in [0.2, 0.25) is 0 Å². The maximum atomic E-state index is 9.34. The lowest BCUT2D eigenvalue weighted by Crippen LogP contribution is -2.45. The van der Waals surface area contributed by atoms with Crippen LogP contribution in [0.15, 0.2) is 0 Å². The van der Waals surface area contributed by atoms with Crippen LogP contribution >= 0.6 is 0 Å². The Morgan fingerprint density at radius 3 is 2.60 bits per heavy atom. The first kappa shape index (κ1) is 17.5. The third kappa shape index (κ3) is 5.07. The van der Waals surface area contributed by atoms with Crippen LogP contribution in [0.25, 0.3) is 0 Å². The van der Waals surface area contributed by atoms with Crippen molar-refractivity contribution in [3.63, 3.8) is 0 Å². The lowest BCUT2D eigenvalue weighted by molar-refractivity contribution is 0.192. The van der Waals surface area contributed by atoms with Gasteiger partial charge in [0.1, 0.15) is 5.54 Å². The molecule has 1 heterocycles. The molecule has 20 heavy (non-hydrogen) atoms. The monoisotopic (exact) mass is 279 g/mol. The van der Waals surface area contributed by atoms with E-state index in [1.165, 1.54) is 32.2 Å². The molecule has 0 spiro atoms. The fourth-order valence-corrected chi connectivity index (χ4v) is 3.54. The van der Waals surface area contributed by atoms with Crippen molar-refractivity contribution in [2.24, 2.45) is 0 Å². The van der Waals surface area contributed by atoms with Crippen molar-refractivity contribution in [2.75, 3.05) is 6.54 Å². The zero-order valence-electron chi connectivity index (χ0n) is 14.1. The molecule has 0 aromatic heterocycles. The third-order valence-corrected chi connectivity index (χ3v) is 4.62. The molecule has 1 N–H and O–H groups in total. The molecule has 1 fully saturated rings. The van der Waals surface area contributed by atoms with Gasteiger partial charge in [0.2, 0.25) is 0 Å². The Balaban J connectivity index is 2.32. The average Bonchev–Trinajstić information content (AvgIpc) is 2.75. The highest BCUT2D eigenvalue weighted by molar-refractivity contribution is 5.04. The summed E-state index contributed by atoms with van der Waals surface area (Å²) in [6.45, 7) is 12.1. The molecule has 0 amide bonds. The molecule has 3 unspecified atom stereocenters. The Morgan fingerprint density at radius 2 is 2.05 bits per heavy atom. The number of rotatable bonds is 8. The largest absolute Gasteiger partial charge is 0.298 e. The standard InChI is InChI=1S/C17H33N3/c1-6-16-10-9-15(4)20(16)12-8-7-11-17(5,13-18)19-14(2)3/h14-16,19H,6-12H2,1-5H3. The van der Waals surface area contributed by atoms with Crippen molar-refractivity contribution in [1.82, 2.24) is 10.2 Å². The van der Waals surface area contributed by atoms with Gasteiger partial charge >= 0.3 is 0 Å². The normalized spacial score (nSPS) is 26.6. The van der Waals surface area contributed by atoms with Crippen LogP contribution in [0, 0.1) is 11.3 Å². The van der Waals surface area contributed by atoms with Crippen LogP contribution < -0.4 is 5.32 Å². The van der Waals surface area contributed by atoms with Crippen LogP contribution in [-0.4, -0.2) is 35.1 Å². The highest BCUT2D eigenvalue weighted by atomic mass is 15.2. The summed E-state index contributed by atoms with van der Waals surface area (Å²) in [5.41, 5.74) is -0.366. The molecule has 0 aliphatic carbocycles.